The van der Waals surface area contributed by atoms with Crippen LogP contribution in [0.3, 0.4) is 0 Å². The van der Waals surface area contributed by atoms with Crippen LogP contribution in [-0.4, -0.2) is 23.2 Å². The van der Waals surface area contributed by atoms with Crippen LogP contribution in [0.2, 0.25) is 5.02 Å². The number of nitrogens with zero attached hydrogens (tertiary/aromatic N) is 1. The number of halogens is 1. The highest BCUT2D eigenvalue weighted by atomic mass is 35.5. The van der Waals surface area contributed by atoms with Crippen molar-refractivity contribution in [2.45, 2.75) is 32.3 Å². The van der Waals surface area contributed by atoms with Crippen LogP contribution in [0.15, 0.2) is 73.1 Å². The van der Waals surface area contributed by atoms with Gasteiger partial charge in [-0.05, 0) is 67.3 Å². The molecule has 0 radical (unpaired) electrons. The third-order valence-corrected chi connectivity index (χ3v) is 5.01. The van der Waals surface area contributed by atoms with E-state index in [4.69, 9.17) is 21.1 Å². The SMILES string of the molecule is CC[C@@](C)(COC(=O)c1cccnc1)Oc1ccc(Cc2ccc(Cl)cc2)cc1. The van der Waals surface area contributed by atoms with Crippen molar-refractivity contribution in [2.75, 3.05) is 6.61 Å². The minimum atomic E-state index is -0.616. The second kappa shape index (κ2) is 9.57. The van der Waals surface area contributed by atoms with Crippen molar-refractivity contribution in [3.63, 3.8) is 0 Å². The predicted molar refractivity (Wildman–Crippen MR) is 115 cm³/mol. The molecule has 0 saturated heterocycles. The van der Waals surface area contributed by atoms with Crippen LogP contribution in [0.25, 0.3) is 0 Å². The van der Waals surface area contributed by atoms with Crippen LogP contribution in [0.4, 0.5) is 0 Å². The van der Waals surface area contributed by atoms with Crippen LogP contribution >= 0.6 is 11.6 Å². The third kappa shape index (κ3) is 6.06. The van der Waals surface area contributed by atoms with Crippen LogP contribution in [-0.2, 0) is 11.2 Å². The van der Waals surface area contributed by atoms with Crippen LogP contribution in [0, 0.1) is 0 Å². The zero-order valence-corrected chi connectivity index (χ0v) is 17.4. The summed E-state index contributed by atoms with van der Waals surface area (Å²) in [6, 6.07) is 19.2. The second-order valence-corrected chi connectivity index (χ2v) is 7.61. The smallest absolute Gasteiger partial charge is 0.339 e. The quantitative estimate of drug-likeness (QED) is 0.446. The number of esters is 1. The lowest BCUT2D eigenvalue weighted by molar-refractivity contribution is -0.00757. The van der Waals surface area contributed by atoms with E-state index < -0.39 is 11.6 Å². The number of aromatic nitrogens is 1. The summed E-state index contributed by atoms with van der Waals surface area (Å²) in [5.41, 5.74) is 2.19. The summed E-state index contributed by atoms with van der Waals surface area (Å²) in [6.07, 6.45) is 4.63. The zero-order valence-electron chi connectivity index (χ0n) is 16.6. The van der Waals surface area contributed by atoms with Crippen molar-refractivity contribution in [1.82, 2.24) is 4.98 Å². The molecule has 3 aromatic rings. The maximum atomic E-state index is 12.2. The van der Waals surface area contributed by atoms with Crippen molar-refractivity contribution in [3.05, 3.63) is 94.8 Å². The van der Waals surface area contributed by atoms with Gasteiger partial charge in [0.2, 0.25) is 0 Å². The van der Waals surface area contributed by atoms with E-state index in [1.807, 2.05) is 62.4 Å². The fourth-order valence-corrected chi connectivity index (χ4v) is 2.91. The molecule has 0 spiro atoms. The zero-order chi connectivity index (χ0) is 20.7. The normalized spacial score (nSPS) is 12.8. The van der Waals surface area contributed by atoms with Gasteiger partial charge in [0.1, 0.15) is 18.0 Å². The number of ether oxygens (including phenoxy) is 2. The van der Waals surface area contributed by atoms with Gasteiger partial charge in [0.25, 0.3) is 0 Å². The van der Waals surface area contributed by atoms with E-state index in [0.29, 0.717) is 12.0 Å². The van der Waals surface area contributed by atoms with Gasteiger partial charge < -0.3 is 9.47 Å². The molecule has 5 heteroatoms. The Labute approximate surface area is 176 Å². The molecular weight excluding hydrogens is 386 g/mol. The van der Waals surface area contributed by atoms with E-state index in [9.17, 15) is 4.79 Å². The molecule has 0 unspecified atom stereocenters. The Balaban J connectivity index is 1.59. The van der Waals surface area contributed by atoms with Crippen LogP contribution in [0.1, 0.15) is 41.8 Å². The van der Waals surface area contributed by atoms with Gasteiger partial charge >= 0.3 is 5.97 Å². The molecule has 0 aliphatic rings. The molecule has 1 atom stereocenters. The summed E-state index contributed by atoms with van der Waals surface area (Å²) < 4.78 is 11.6. The fourth-order valence-electron chi connectivity index (χ4n) is 2.79. The molecule has 0 fully saturated rings. The number of hydrogen-bond acceptors (Lipinski definition) is 4. The van der Waals surface area contributed by atoms with Crippen molar-refractivity contribution in [1.29, 1.82) is 0 Å². The summed E-state index contributed by atoms with van der Waals surface area (Å²) >= 11 is 5.94. The van der Waals surface area contributed by atoms with Gasteiger partial charge in [-0.25, -0.2) is 4.79 Å². The fraction of sp³-hybridized carbons (Fsp3) is 0.250. The first-order valence-corrected chi connectivity index (χ1v) is 9.95. The van der Waals surface area contributed by atoms with Crippen molar-refractivity contribution >= 4 is 17.6 Å². The molecule has 1 aromatic heterocycles. The molecule has 0 saturated carbocycles. The summed E-state index contributed by atoms with van der Waals surface area (Å²) in [5.74, 6) is 0.339. The number of pyridine rings is 1. The summed E-state index contributed by atoms with van der Waals surface area (Å²) in [4.78, 5) is 16.1. The number of rotatable bonds is 8. The molecule has 0 aliphatic carbocycles. The van der Waals surface area contributed by atoms with E-state index in [0.717, 1.165) is 17.2 Å². The van der Waals surface area contributed by atoms with Gasteiger partial charge in [0.05, 0.1) is 5.56 Å². The number of carbonyl (C=O) groups is 1. The highest BCUT2D eigenvalue weighted by Gasteiger charge is 2.27. The first-order valence-electron chi connectivity index (χ1n) is 9.57. The minimum Gasteiger partial charge on any atom is -0.484 e. The van der Waals surface area contributed by atoms with Gasteiger partial charge in [-0.1, -0.05) is 42.8 Å². The first-order chi connectivity index (χ1) is 14.0. The molecule has 4 nitrogen and oxygen atoms in total. The standard InChI is InChI=1S/C24H24ClNO3/c1-3-24(2,17-28-23(27)20-5-4-14-26-16-20)29-22-12-8-19(9-13-22)15-18-6-10-21(25)11-7-18/h4-14,16H,3,15,17H2,1-2H3/t24-/m0/s1. The average Bonchev–Trinajstić information content (AvgIpc) is 2.76. The summed E-state index contributed by atoms with van der Waals surface area (Å²) in [7, 11) is 0. The van der Waals surface area contributed by atoms with Gasteiger partial charge in [0, 0.05) is 17.4 Å². The van der Waals surface area contributed by atoms with Crippen LogP contribution in [0.5, 0.6) is 5.75 Å². The Hall–Kier alpha value is -2.85. The molecule has 29 heavy (non-hydrogen) atoms. The summed E-state index contributed by atoms with van der Waals surface area (Å²) in [5, 5.41) is 0.737. The molecule has 2 aromatic carbocycles. The Morgan fingerprint density at radius 1 is 1.03 bits per heavy atom. The number of carbonyl (C=O) groups excluding carboxylic acids is 1. The van der Waals surface area contributed by atoms with Crippen molar-refractivity contribution in [3.8, 4) is 5.75 Å². The molecular formula is C24H24ClNO3. The number of benzene rings is 2. The molecule has 0 amide bonds. The molecule has 1 heterocycles. The first kappa shape index (κ1) is 20.9. The van der Waals surface area contributed by atoms with Gasteiger partial charge in [0.15, 0.2) is 0 Å². The van der Waals surface area contributed by atoms with E-state index in [-0.39, 0.29) is 6.61 Å². The molecule has 0 aliphatic heterocycles. The van der Waals surface area contributed by atoms with Crippen molar-refractivity contribution < 1.29 is 14.3 Å². The minimum absolute atomic E-state index is 0.157. The Kier molecular flexibility index (Phi) is 6.89. The van der Waals surface area contributed by atoms with E-state index in [1.165, 1.54) is 17.3 Å². The Morgan fingerprint density at radius 2 is 1.69 bits per heavy atom. The van der Waals surface area contributed by atoms with E-state index in [1.54, 1.807) is 18.3 Å². The Bertz CT molecular complexity index is 927. The lowest BCUT2D eigenvalue weighted by Crippen LogP contribution is -2.38. The molecule has 0 N–H and O–H groups in total. The van der Waals surface area contributed by atoms with Gasteiger partial charge in [-0.2, -0.15) is 0 Å². The third-order valence-electron chi connectivity index (χ3n) is 4.76. The average molecular weight is 410 g/mol. The number of hydrogen-bond donors (Lipinski definition) is 0. The van der Waals surface area contributed by atoms with Gasteiger partial charge in [-0.15, -0.1) is 0 Å². The summed E-state index contributed by atoms with van der Waals surface area (Å²) in [6.45, 7) is 4.10. The van der Waals surface area contributed by atoms with E-state index in [2.05, 4.69) is 4.98 Å². The topological polar surface area (TPSA) is 48.4 Å². The predicted octanol–water partition coefficient (Wildman–Crippen LogP) is 5.73. The largest absolute Gasteiger partial charge is 0.484 e. The maximum absolute atomic E-state index is 12.2. The lowest BCUT2D eigenvalue weighted by atomic mass is 10.0. The van der Waals surface area contributed by atoms with Crippen LogP contribution < -0.4 is 4.74 Å². The highest BCUT2D eigenvalue weighted by molar-refractivity contribution is 6.30. The molecule has 3 rings (SSSR count). The van der Waals surface area contributed by atoms with E-state index >= 15 is 0 Å². The van der Waals surface area contributed by atoms with Crippen molar-refractivity contribution in [2.24, 2.45) is 0 Å². The monoisotopic (exact) mass is 409 g/mol. The molecule has 150 valence electrons. The highest BCUT2D eigenvalue weighted by Crippen LogP contribution is 2.24. The van der Waals surface area contributed by atoms with Gasteiger partial charge in [-0.3, -0.25) is 4.98 Å². The lowest BCUT2D eigenvalue weighted by Gasteiger charge is -2.29. The maximum Gasteiger partial charge on any atom is 0.339 e. The molecule has 0 bridgehead atoms. The Morgan fingerprint density at radius 3 is 2.28 bits per heavy atom. The second-order valence-electron chi connectivity index (χ2n) is 7.17.